The van der Waals surface area contributed by atoms with Gasteiger partial charge in [0.05, 0.1) is 0 Å². The molecule has 0 saturated heterocycles. The van der Waals surface area contributed by atoms with Crippen molar-refractivity contribution in [2.24, 2.45) is 5.92 Å². The summed E-state index contributed by atoms with van der Waals surface area (Å²) < 4.78 is 1.42. The van der Waals surface area contributed by atoms with E-state index in [0.717, 1.165) is 12.8 Å². The SMILES string of the molecule is CCCC1=[C-]C(CCC)C(CCC)=C1CCC.CCc1ccc2c(c1)[cH-]c1cc(CC)ccc12.[Cl-].[Cl-].[Zr+2]=[C](c1ccccc1)c1ccccc1. The fourth-order valence-corrected chi connectivity index (χ4v) is 7.71. The molecule has 0 amide bonds. The predicted octanol–water partition coefficient (Wildman–Crippen LogP) is 7.49. The van der Waals surface area contributed by atoms with Crippen molar-refractivity contribution in [3.8, 4) is 0 Å². The van der Waals surface area contributed by atoms with Crippen molar-refractivity contribution < 1.29 is 49.0 Å². The van der Waals surface area contributed by atoms with Crippen LogP contribution in [0.5, 0.6) is 0 Å². The van der Waals surface area contributed by atoms with Gasteiger partial charge in [0.25, 0.3) is 0 Å². The van der Waals surface area contributed by atoms with Crippen molar-refractivity contribution >= 4 is 24.8 Å². The number of allylic oxidation sites excluding steroid dienone is 4. The molecular formula is C47H56Cl2Zr-2. The second-order valence-corrected chi connectivity index (χ2v) is 14.2. The molecule has 0 bridgehead atoms. The van der Waals surface area contributed by atoms with Gasteiger partial charge in [-0.05, 0) is 19.3 Å². The molecule has 0 fully saturated rings. The molecule has 1 aliphatic carbocycles. The van der Waals surface area contributed by atoms with Crippen LogP contribution in [0.2, 0.25) is 0 Å². The summed E-state index contributed by atoms with van der Waals surface area (Å²) >= 11 is 1.46. The Morgan fingerprint density at radius 1 is 0.600 bits per heavy atom. The Kier molecular flexibility index (Phi) is 20.3. The molecule has 5 aromatic rings. The second-order valence-electron chi connectivity index (χ2n) is 13.0. The van der Waals surface area contributed by atoms with Crippen molar-refractivity contribution in [1.82, 2.24) is 0 Å². The third kappa shape index (κ3) is 11.8. The van der Waals surface area contributed by atoms with E-state index in [-0.39, 0.29) is 24.8 Å². The van der Waals surface area contributed by atoms with Crippen molar-refractivity contribution in [3.05, 3.63) is 148 Å². The molecule has 1 atom stereocenters. The van der Waals surface area contributed by atoms with E-state index in [1.165, 1.54) is 123 Å². The first kappa shape index (κ1) is 43.7. The Morgan fingerprint density at radius 3 is 1.50 bits per heavy atom. The van der Waals surface area contributed by atoms with Crippen LogP contribution in [0, 0.1) is 12.0 Å². The minimum absolute atomic E-state index is 0. The van der Waals surface area contributed by atoms with Gasteiger partial charge in [-0.2, -0.15) is 11.1 Å². The number of aryl methyl sites for hydroxylation is 2. The third-order valence-electron chi connectivity index (χ3n) is 9.39. The second kappa shape index (κ2) is 23.2. The minimum atomic E-state index is 0. The Bertz CT molecular complexity index is 1690. The van der Waals surface area contributed by atoms with Gasteiger partial charge in [0, 0.05) is 0 Å². The molecule has 5 aromatic carbocycles. The van der Waals surface area contributed by atoms with E-state index < -0.39 is 0 Å². The molecule has 1 unspecified atom stereocenters. The van der Waals surface area contributed by atoms with Gasteiger partial charge in [-0.25, -0.2) is 5.57 Å². The summed E-state index contributed by atoms with van der Waals surface area (Å²) in [6.07, 6.45) is 16.2. The van der Waals surface area contributed by atoms with Crippen molar-refractivity contribution in [2.45, 2.75) is 106 Å². The first-order chi connectivity index (χ1) is 23.5. The molecule has 0 spiro atoms. The monoisotopic (exact) mass is 780 g/mol. The number of hydrogen-bond donors (Lipinski definition) is 0. The number of rotatable bonds is 12. The van der Waals surface area contributed by atoms with Gasteiger partial charge < -0.3 is 24.8 Å². The molecule has 264 valence electrons. The van der Waals surface area contributed by atoms with Crippen LogP contribution < -0.4 is 24.8 Å². The molecule has 0 nitrogen and oxygen atoms in total. The molecule has 0 aromatic heterocycles. The van der Waals surface area contributed by atoms with E-state index in [1.807, 2.05) is 0 Å². The molecule has 0 heterocycles. The van der Waals surface area contributed by atoms with E-state index in [9.17, 15) is 0 Å². The quantitative estimate of drug-likeness (QED) is 0.115. The van der Waals surface area contributed by atoms with E-state index >= 15 is 0 Å². The van der Waals surface area contributed by atoms with E-state index in [2.05, 4.69) is 151 Å². The molecule has 0 saturated carbocycles. The first-order valence-electron chi connectivity index (χ1n) is 18.6. The van der Waals surface area contributed by atoms with Crippen LogP contribution >= 0.6 is 0 Å². The van der Waals surface area contributed by atoms with Gasteiger partial charge in [-0.3, -0.25) is 6.08 Å². The Labute approximate surface area is 331 Å². The van der Waals surface area contributed by atoms with Gasteiger partial charge in [0.15, 0.2) is 0 Å². The zero-order valence-corrected chi connectivity index (χ0v) is 35.2. The van der Waals surface area contributed by atoms with Gasteiger partial charge in [-0.1, -0.05) is 128 Å². The van der Waals surface area contributed by atoms with Crippen molar-refractivity contribution in [3.63, 3.8) is 0 Å². The van der Waals surface area contributed by atoms with E-state index in [1.54, 1.807) is 16.7 Å². The normalized spacial score (nSPS) is 13.4. The molecule has 1 aliphatic rings. The molecule has 6 rings (SSSR count). The summed E-state index contributed by atoms with van der Waals surface area (Å²) in [5.74, 6) is 0.656. The maximum absolute atomic E-state index is 3.81. The fraction of sp³-hybridized carbons (Fsp3) is 0.362. The van der Waals surface area contributed by atoms with Crippen LogP contribution in [-0.4, -0.2) is 3.21 Å². The van der Waals surface area contributed by atoms with Crippen LogP contribution in [0.3, 0.4) is 0 Å². The summed E-state index contributed by atoms with van der Waals surface area (Å²) in [4.78, 5) is 0. The maximum atomic E-state index is 3.81. The molecule has 50 heavy (non-hydrogen) atoms. The van der Waals surface area contributed by atoms with E-state index in [0.29, 0.717) is 5.92 Å². The standard InChI is InChI=1S/C17H17.C17H29.C13H10.2ClH.Zr/c1-3-12-5-7-16-14(9-12)11-15-10-13(4-2)6-8-17(15)16;1-5-9-14-13-15(10-6-2)17(12-8-4)16(14)11-7-3;1-3-7-12(8-4-1)11-13-9-5-2-6-10-13;;;/h5-11H,3-4H2,1-2H3;14H,5-12H2,1-4H3;1-10H;2*1H;/q2*-1;;;;+2/p-2. The van der Waals surface area contributed by atoms with Crippen LogP contribution in [0.4, 0.5) is 0 Å². The van der Waals surface area contributed by atoms with Crippen LogP contribution in [0.1, 0.15) is 115 Å². The Hall–Kier alpha value is -2.44. The van der Waals surface area contributed by atoms with Gasteiger partial charge in [0.1, 0.15) is 0 Å². The van der Waals surface area contributed by atoms with Gasteiger partial charge in [-0.15, -0.1) is 39.7 Å². The van der Waals surface area contributed by atoms with Crippen LogP contribution in [0.15, 0.2) is 120 Å². The number of fused-ring (bicyclic) bond motifs is 3. The third-order valence-corrected chi connectivity index (χ3v) is 10.8. The molecule has 0 N–H and O–H groups in total. The zero-order valence-electron chi connectivity index (χ0n) is 31.2. The summed E-state index contributed by atoms with van der Waals surface area (Å²) in [6, 6.07) is 37.1. The number of halogens is 2. The summed E-state index contributed by atoms with van der Waals surface area (Å²) in [6.45, 7) is 13.6. The molecule has 3 heteroatoms. The fourth-order valence-electron chi connectivity index (χ4n) is 6.89. The van der Waals surface area contributed by atoms with Gasteiger partial charge in [0.2, 0.25) is 0 Å². The van der Waals surface area contributed by atoms with Crippen molar-refractivity contribution in [2.75, 3.05) is 0 Å². The number of hydrogen-bond acceptors (Lipinski definition) is 0. The summed E-state index contributed by atoms with van der Waals surface area (Å²) in [7, 11) is 0. The predicted molar refractivity (Wildman–Crippen MR) is 209 cm³/mol. The number of benzene rings is 4. The zero-order chi connectivity index (χ0) is 34.3. The molecule has 0 radical (unpaired) electrons. The summed E-state index contributed by atoms with van der Waals surface area (Å²) in [5, 5.41) is 5.54. The van der Waals surface area contributed by atoms with Gasteiger partial charge >= 0.3 is 99.2 Å². The Morgan fingerprint density at radius 2 is 1.08 bits per heavy atom. The topological polar surface area (TPSA) is 0 Å². The van der Waals surface area contributed by atoms with Crippen molar-refractivity contribution in [1.29, 1.82) is 0 Å². The average Bonchev–Trinajstić information content (AvgIpc) is 3.65. The average molecular weight is 783 g/mol. The van der Waals surface area contributed by atoms with E-state index in [4.69, 9.17) is 0 Å². The van der Waals surface area contributed by atoms with Crippen LogP contribution in [0.25, 0.3) is 21.5 Å². The Balaban J connectivity index is 0.000000256. The molecule has 0 aliphatic heterocycles. The molecular weight excluding hydrogens is 727 g/mol. The summed E-state index contributed by atoms with van der Waals surface area (Å²) in [5.41, 5.74) is 10.5. The van der Waals surface area contributed by atoms with Crippen LogP contribution in [-0.2, 0) is 37.1 Å². The first-order valence-corrected chi connectivity index (χ1v) is 19.8.